The third kappa shape index (κ3) is 2.25. The van der Waals surface area contributed by atoms with E-state index in [9.17, 15) is 0 Å². The van der Waals surface area contributed by atoms with E-state index in [4.69, 9.17) is 9.47 Å². The summed E-state index contributed by atoms with van der Waals surface area (Å²) >= 11 is 0. The van der Waals surface area contributed by atoms with Gasteiger partial charge in [-0.1, -0.05) is 18.2 Å². The molecule has 0 heterocycles. The number of hydrogen-bond acceptors (Lipinski definition) is 3. The van der Waals surface area contributed by atoms with Gasteiger partial charge in [-0.15, -0.1) is 0 Å². The maximum absolute atomic E-state index is 5.43. The lowest BCUT2D eigenvalue weighted by atomic mass is 10.0. The van der Waals surface area contributed by atoms with E-state index in [2.05, 4.69) is 5.32 Å². The summed E-state index contributed by atoms with van der Waals surface area (Å²) in [4.78, 5) is 0. The molecule has 0 aliphatic carbocycles. The molecule has 1 N–H and O–H groups in total. The van der Waals surface area contributed by atoms with Gasteiger partial charge in [0.25, 0.3) is 0 Å². The van der Waals surface area contributed by atoms with Crippen LogP contribution in [0.5, 0.6) is 11.5 Å². The second-order valence-corrected chi connectivity index (χ2v) is 3.86. The van der Waals surface area contributed by atoms with Crippen LogP contribution in [0.3, 0.4) is 0 Å². The minimum atomic E-state index is 0.847. The van der Waals surface area contributed by atoms with Crippen molar-refractivity contribution in [3.05, 3.63) is 42.5 Å². The Morgan fingerprint density at radius 3 is 2.17 bits per heavy atom. The van der Waals surface area contributed by atoms with Gasteiger partial charge in [0.1, 0.15) is 11.5 Å². The van der Waals surface area contributed by atoms with Crippen LogP contribution in [0.15, 0.2) is 42.5 Å². The fourth-order valence-electron chi connectivity index (χ4n) is 1.97. The van der Waals surface area contributed by atoms with Crippen LogP contribution in [0.2, 0.25) is 0 Å². The zero-order valence-corrected chi connectivity index (χ0v) is 10.9. The van der Waals surface area contributed by atoms with Crippen molar-refractivity contribution in [3.63, 3.8) is 0 Å². The van der Waals surface area contributed by atoms with E-state index >= 15 is 0 Å². The molecule has 2 rings (SSSR count). The van der Waals surface area contributed by atoms with E-state index in [1.54, 1.807) is 14.2 Å². The lowest BCUT2D eigenvalue weighted by molar-refractivity contribution is 0.414. The van der Waals surface area contributed by atoms with Crippen LogP contribution in [-0.2, 0) is 0 Å². The first-order chi connectivity index (χ1) is 8.80. The van der Waals surface area contributed by atoms with E-state index in [1.165, 1.54) is 0 Å². The van der Waals surface area contributed by atoms with Crippen molar-refractivity contribution in [2.45, 2.75) is 0 Å². The molecule has 94 valence electrons. The summed E-state index contributed by atoms with van der Waals surface area (Å²) in [5.74, 6) is 1.70. The average Bonchev–Trinajstić information content (AvgIpc) is 2.46. The Hall–Kier alpha value is -2.16. The Labute approximate surface area is 107 Å². The predicted molar refractivity (Wildman–Crippen MR) is 74.5 cm³/mol. The average molecular weight is 243 g/mol. The Morgan fingerprint density at radius 2 is 1.61 bits per heavy atom. The lowest BCUT2D eigenvalue weighted by Crippen LogP contribution is -1.95. The van der Waals surface area contributed by atoms with Gasteiger partial charge >= 0.3 is 0 Å². The molecule has 0 saturated carbocycles. The third-order valence-electron chi connectivity index (χ3n) is 2.89. The first-order valence-corrected chi connectivity index (χ1v) is 5.79. The zero-order valence-electron chi connectivity index (χ0n) is 10.9. The van der Waals surface area contributed by atoms with E-state index in [0.29, 0.717) is 0 Å². The van der Waals surface area contributed by atoms with Crippen LogP contribution in [0.25, 0.3) is 11.1 Å². The molecule has 0 aromatic heterocycles. The summed E-state index contributed by atoms with van der Waals surface area (Å²) in [6.07, 6.45) is 0. The van der Waals surface area contributed by atoms with E-state index in [0.717, 1.165) is 28.3 Å². The third-order valence-corrected chi connectivity index (χ3v) is 2.89. The minimum absolute atomic E-state index is 0.847. The van der Waals surface area contributed by atoms with Gasteiger partial charge in [0.2, 0.25) is 0 Å². The van der Waals surface area contributed by atoms with E-state index < -0.39 is 0 Å². The predicted octanol–water partition coefficient (Wildman–Crippen LogP) is 3.41. The van der Waals surface area contributed by atoms with E-state index in [-0.39, 0.29) is 0 Å². The molecule has 2 aromatic carbocycles. The first kappa shape index (κ1) is 12.3. The maximum Gasteiger partial charge on any atom is 0.128 e. The summed E-state index contributed by atoms with van der Waals surface area (Å²) in [5, 5.41) is 3.19. The standard InChI is InChI=1S/C15H17NO2/c1-16-13-5-4-6-14(18-3)15(13)11-7-9-12(17-2)10-8-11/h4-10,16H,1-3H3. The number of methoxy groups -OCH3 is 2. The van der Waals surface area contributed by atoms with Crippen LogP contribution in [0, 0.1) is 0 Å². The fraction of sp³-hybridized carbons (Fsp3) is 0.200. The van der Waals surface area contributed by atoms with Gasteiger partial charge in [-0.3, -0.25) is 0 Å². The van der Waals surface area contributed by atoms with Gasteiger partial charge in [0, 0.05) is 18.3 Å². The van der Waals surface area contributed by atoms with Gasteiger partial charge < -0.3 is 14.8 Å². The zero-order chi connectivity index (χ0) is 13.0. The summed E-state index contributed by atoms with van der Waals surface area (Å²) in [7, 11) is 5.25. The van der Waals surface area contributed by atoms with E-state index in [1.807, 2.05) is 49.5 Å². The number of rotatable bonds is 4. The maximum atomic E-state index is 5.43. The van der Waals surface area contributed by atoms with Crippen LogP contribution in [-0.4, -0.2) is 21.3 Å². The molecule has 0 saturated heterocycles. The second-order valence-electron chi connectivity index (χ2n) is 3.86. The van der Waals surface area contributed by atoms with Gasteiger partial charge in [-0.25, -0.2) is 0 Å². The monoisotopic (exact) mass is 243 g/mol. The fourth-order valence-corrected chi connectivity index (χ4v) is 1.97. The van der Waals surface area contributed by atoms with Crippen molar-refractivity contribution in [2.75, 3.05) is 26.6 Å². The van der Waals surface area contributed by atoms with Crippen molar-refractivity contribution in [3.8, 4) is 22.6 Å². The second kappa shape index (κ2) is 5.45. The van der Waals surface area contributed by atoms with Crippen LogP contribution in [0.1, 0.15) is 0 Å². The van der Waals surface area contributed by atoms with Crippen molar-refractivity contribution < 1.29 is 9.47 Å². The van der Waals surface area contributed by atoms with Crippen molar-refractivity contribution in [1.82, 2.24) is 0 Å². The quantitative estimate of drug-likeness (QED) is 0.892. The molecule has 0 amide bonds. The molecule has 0 aliphatic rings. The molecule has 0 bridgehead atoms. The molecule has 3 heteroatoms. The molecule has 0 unspecified atom stereocenters. The molecular formula is C15H17NO2. The van der Waals surface area contributed by atoms with Gasteiger partial charge in [-0.05, 0) is 29.8 Å². The summed E-state index contributed by atoms with van der Waals surface area (Å²) in [6, 6.07) is 13.9. The SMILES string of the molecule is CNc1cccc(OC)c1-c1ccc(OC)cc1. The highest BCUT2D eigenvalue weighted by Crippen LogP contribution is 2.37. The molecule has 0 atom stereocenters. The Balaban J connectivity index is 2.53. The highest BCUT2D eigenvalue weighted by atomic mass is 16.5. The van der Waals surface area contributed by atoms with Crippen LogP contribution < -0.4 is 14.8 Å². The van der Waals surface area contributed by atoms with Gasteiger partial charge in [0.15, 0.2) is 0 Å². The molecule has 2 aromatic rings. The largest absolute Gasteiger partial charge is 0.497 e. The van der Waals surface area contributed by atoms with Gasteiger partial charge in [-0.2, -0.15) is 0 Å². The summed E-state index contributed by atoms with van der Waals surface area (Å²) in [5.41, 5.74) is 3.20. The Kier molecular flexibility index (Phi) is 3.72. The number of anilines is 1. The highest BCUT2D eigenvalue weighted by Gasteiger charge is 2.10. The van der Waals surface area contributed by atoms with Crippen LogP contribution in [0.4, 0.5) is 5.69 Å². The van der Waals surface area contributed by atoms with Crippen LogP contribution >= 0.6 is 0 Å². The first-order valence-electron chi connectivity index (χ1n) is 5.79. The Bertz CT molecular complexity index is 498. The number of ether oxygens (including phenoxy) is 2. The van der Waals surface area contributed by atoms with Gasteiger partial charge in [0.05, 0.1) is 14.2 Å². The summed E-state index contributed by atoms with van der Waals surface area (Å²) < 4.78 is 10.6. The topological polar surface area (TPSA) is 30.5 Å². The molecule has 0 fully saturated rings. The highest BCUT2D eigenvalue weighted by molar-refractivity contribution is 5.83. The smallest absolute Gasteiger partial charge is 0.128 e. The molecule has 18 heavy (non-hydrogen) atoms. The molecule has 0 radical (unpaired) electrons. The Morgan fingerprint density at radius 1 is 0.889 bits per heavy atom. The normalized spacial score (nSPS) is 9.94. The number of benzene rings is 2. The van der Waals surface area contributed by atoms with Crippen molar-refractivity contribution in [2.24, 2.45) is 0 Å². The summed E-state index contributed by atoms with van der Waals surface area (Å²) in [6.45, 7) is 0. The minimum Gasteiger partial charge on any atom is -0.497 e. The molecule has 0 aliphatic heterocycles. The molecular weight excluding hydrogens is 226 g/mol. The molecule has 3 nitrogen and oxygen atoms in total. The number of hydrogen-bond donors (Lipinski definition) is 1. The lowest BCUT2D eigenvalue weighted by Gasteiger charge is -2.14. The molecule has 0 spiro atoms. The number of nitrogens with one attached hydrogen (secondary N) is 1. The van der Waals surface area contributed by atoms with Crippen molar-refractivity contribution in [1.29, 1.82) is 0 Å². The van der Waals surface area contributed by atoms with Crippen molar-refractivity contribution >= 4 is 5.69 Å².